The maximum Gasteiger partial charge on any atom is 0.0757 e. The van der Waals surface area contributed by atoms with Crippen LogP contribution in [0.2, 0.25) is 0 Å². The number of hydrogen-bond acceptors (Lipinski definition) is 2. The average molecular weight is 199 g/mol. The highest BCUT2D eigenvalue weighted by atomic mass is 16.3. The lowest BCUT2D eigenvalue weighted by Crippen LogP contribution is -1.92. The van der Waals surface area contributed by atoms with Crippen LogP contribution < -0.4 is 0 Å². The number of nitrogens with zero attached hydrogens (tertiary/aromatic N) is 1. The van der Waals surface area contributed by atoms with E-state index in [1.807, 2.05) is 37.3 Å². The Kier molecular flexibility index (Phi) is 2.79. The maximum atomic E-state index is 9.21. The summed E-state index contributed by atoms with van der Waals surface area (Å²) in [4.78, 5) is 4.30. The number of aromatic nitrogens is 1. The molecule has 1 heterocycles. The monoisotopic (exact) mass is 199 g/mol. The van der Waals surface area contributed by atoms with Gasteiger partial charge >= 0.3 is 0 Å². The molecule has 0 amide bonds. The fourth-order valence-electron chi connectivity index (χ4n) is 1.62. The van der Waals surface area contributed by atoms with Crippen molar-refractivity contribution in [1.29, 1.82) is 0 Å². The number of benzene rings is 1. The summed E-state index contributed by atoms with van der Waals surface area (Å²) >= 11 is 0. The molecule has 2 aromatic rings. The molecule has 2 heteroatoms. The van der Waals surface area contributed by atoms with Crippen molar-refractivity contribution in [3.05, 3.63) is 53.7 Å². The number of rotatable bonds is 2. The zero-order valence-electron chi connectivity index (χ0n) is 8.64. The van der Waals surface area contributed by atoms with Crippen LogP contribution in [0.3, 0.4) is 0 Å². The van der Waals surface area contributed by atoms with Gasteiger partial charge in [0.05, 0.1) is 12.3 Å². The number of pyridine rings is 1. The summed E-state index contributed by atoms with van der Waals surface area (Å²) in [5.74, 6) is 0. The van der Waals surface area contributed by atoms with E-state index >= 15 is 0 Å². The van der Waals surface area contributed by atoms with Crippen molar-refractivity contribution in [2.24, 2.45) is 0 Å². The molecular formula is C13H13NO. The molecule has 2 nitrogen and oxygen atoms in total. The van der Waals surface area contributed by atoms with Gasteiger partial charge in [-0.25, -0.2) is 0 Å². The van der Waals surface area contributed by atoms with E-state index in [4.69, 9.17) is 0 Å². The molecule has 1 aromatic heterocycles. The van der Waals surface area contributed by atoms with Crippen molar-refractivity contribution in [3.63, 3.8) is 0 Å². The van der Waals surface area contributed by atoms with Gasteiger partial charge in [-0.3, -0.25) is 4.98 Å². The summed E-state index contributed by atoms with van der Waals surface area (Å²) in [6.45, 7) is 2.07. The van der Waals surface area contributed by atoms with Crippen LogP contribution in [0.15, 0.2) is 42.6 Å². The molecule has 1 N–H and O–H groups in total. The highest BCUT2D eigenvalue weighted by molar-refractivity contribution is 5.63. The molecule has 1 aromatic carbocycles. The molecule has 0 spiro atoms. The van der Waals surface area contributed by atoms with Gasteiger partial charge in [-0.2, -0.15) is 0 Å². The van der Waals surface area contributed by atoms with Crippen molar-refractivity contribution in [2.45, 2.75) is 13.5 Å². The molecule has 2 rings (SSSR count). The highest BCUT2D eigenvalue weighted by Crippen LogP contribution is 2.21. The summed E-state index contributed by atoms with van der Waals surface area (Å²) in [5, 5.41) is 9.21. The van der Waals surface area contributed by atoms with Gasteiger partial charge in [0.25, 0.3) is 0 Å². The minimum atomic E-state index is 0.0249. The van der Waals surface area contributed by atoms with Crippen LogP contribution in [0.1, 0.15) is 11.1 Å². The fraction of sp³-hybridized carbons (Fsp3) is 0.154. The summed E-state index contributed by atoms with van der Waals surface area (Å²) in [7, 11) is 0. The minimum absolute atomic E-state index is 0.0249. The Morgan fingerprint density at radius 3 is 2.80 bits per heavy atom. The molecule has 0 saturated carbocycles. The smallest absolute Gasteiger partial charge is 0.0757 e. The Labute approximate surface area is 89.2 Å². The lowest BCUT2D eigenvalue weighted by Gasteiger charge is -2.06. The van der Waals surface area contributed by atoms with Gasteiger partial charge in [0, 0.05) is 17.3 Å². The largest absolute Gasteiger partial charge is 0.392 e. The lowest BCUT2D eigenvalue weighted by atomic mass is 10.0. The zero-order chi connectivity index (χ0) is 10.7. The second-order valence-electron chi connectivity index (χ2n) is 3.54. The van der Waals surface area contributed by atoms with Gasteiger partial charge in [-0.15, -0.1) is 0 Å². The molecule has 0 aliphatic carbocycles. The Hall–Kier alpha value is -1.67. The van der Waals surface area contributed by atoms with Crippen LogP contribution in [0.4, 0.5) is 0 Å². The fourth-order valence-corrected chi connectivity index (χ4v) is 1.62. The van der Waals surface area contributed by atoms with E-state index in [2.05, 4.69) is 11.1 Å². The summed E-state index contributed by atoms with van der Waals surface area (Å²) in [6.07, 6.45) is 1.75. The molecule has 0 unspecified atom stereocenters. The molecule has 15 heavy (non-hydrogen) atoms. The normalized spacial score (nSPS) is 10.3. The van der Waals surface area contributed by atoms with E-state index in [-0.39, 0.29) is 6.61 Å². The van der Waals surface area contributed by atoms with Crippen molar-refractivity contribution >= 4 is 0 Å². The minimum Gasteiger partial charge on any atom is -0.392 e. The third kappa shape index (κ3) is 2.05. The third-order valence-electron chi connectivity index (χ3n) is 2.35. The van der Waals surface area contributed by atoms with Crippen LogP contribution in [-0.4, -0.2) is 10.1 Å². The Bertz CT molecular complexity index is 466. The van der Waals surface area contributed by atoms with E-state index in [9.17, 15) is 5.11 Å². The number of aliphatic hydroxyl groups is 1. The second kappa shape index (κ2) is 4.24. The van der Waals surface area contributed by atoms with Crippen LogP contribution in [0.5, 0.6) is 0 Å². The lowest BCUT2D eigenvalue weighted by molar-refractivity contribution is 0.282. The van der Waals surface area contributed by atoms with Crippen LogP contribution in [0.25, 0.3) is 11.3 Å². The molecule has 0 atom stereocenters. The van der Waals surface area contributed by atoms with E-state index < -0.39 is 0 Å². The first kappa shape index (κ1) is 9.87. The van der Waals surface area contributed by atoms with E-state index in [0.29, 0.717) is 0 Å². The van der Waals surface area contributed by atoms with Gasteiger partial charge < -0.3 is 5.11 Å². The number of aryl methyl sites for hydroxylation is 1. The predicted molar refractivity (Wildman–Crippen MR) is 60.3 cm³/mol. The van der Waals surface area contributed by atoms with Crippen molar-refractivity contribution in [2.75, 3.05) is 0 Å². The van der Waals surface area contributed by atoms with Crippen LogP contribution in [0, 0.1) is 6.92 Å². The SMILES string of the molecule is Cc1cccc(-c2ncccc2CO)c1. The third-order valence-corrected chi connectivity index (χ3v) is 2.35. The number of hydrogen-bond donors (Lipinski definition) is 1. The molecule has 0 bridgehead atoms. The first-order valence-corrected chi connectivity index (χ1v) is 4.93. The Balaban J connectivity index is 2.53. The first-order chi connectivity index (χ1) is 7.31. The Morgan fingerprint density at radius 2 is 2.07 bits per heavy atom. The van der Waals surface area contributed by atoms with E-state index in [0.717, 1.165) is 16.8 Å². The standard InChI is InChI=1S/C13H13NO/c1-10-4-2-5-11(8-10)13-12(9-15)6-3-7-14-13/h2-8,15H,9H2,1H3. The van der Waals surface area contributed by atoms with Gasteiger partial charge in [-0.05, 0) is 19.1 Å². The average Bonchev–Trinajstić information content (AvgIpc) is 2.29. The molecular weight excluding hydrogens is 186 g/mol. The highest BCUT2D eigenvalue weighted by Gasteiger charge is 2.04. The topological polar surface area (TPSA) is 33.1 Å². The first-order valence-electron chi connectivity index (χ1n) is 4.93. The van der Waals surface area contributed by atoms with Crippen LogP contribution >= 0.6 is 0 Å². The molecule has 0 fully saturated rings. The van der Waals surface area contributed by atoms with Crippen LogP contribution in [-0.2, 0) is 6.61 Å². The zero-order valence-corrected chi connectivity index (χ0v) is 8.64. The van der Waals surface area contributed by atoms with E-state index in [1.54, 1.807) is 6.20 Å². The van der Waals surface area contributed by atoms with Gasteiger partial charge in [-0.1, -0.05) is 29.8 Å². The second-order valence-corrected chi connectivity index (χ2v) is 3.54. The van der Waals surface area contributed by atoms with Gasteiger partial charge in [0.2, 0.25) is 0 Å². The van der Waals surface area contributed by atoms with E-state index in [1.165, 1.54) is 5.56 Å². The Morgan fingerprint density at radius 1 is 1.20 bits per heavy atom. The summed E-state index contributed by atoms with van der Waals surface area (Å²) < 4.78 is 0. The molecule has 76 valence electrons. The van der Waals surface area contributed by atoms with Gasteiger partial charge in [0.1, 0.15) is 0 Å². The maximum absolute atomic E-state index is 9.21. The molecule has 0 saturated heterocycles. The molecule has 0 radical (unpaired) electrons. The summed E-state index contributed by atoms with van der Waals surface area (Å²) in [5.41, 5.74) is 3.98. The molecule has 0 aliphatic heterocycles. The quantitative estimate of drug-likeness (QED) is 0.806. The number of aliphatic hydroxyl groups excluding tert-OH is 1. The van der Waals surface area contributed by atoms with Crippen molar-refractivity contribution in [1.82, 2.24) is 4.98 Å². The summed E-state index contributed by atoms with van der Waals surface area (Å²) in [6, 6.07) is 11.9. The van der Waals surface area contributed by atoms with Gasteiger partial charge in [0.15, 0.2) is 0 Å². The molecule has 0 aliphatic rings. The van der Waals surface area contributed by atoms with Crippen molar-refractivity contribution < 1.29 is 5.11 Å². The van der Waals surface area contributed by atoms with Crippen molar-refractivity contribution in [3.8, 4) is 11.3 Å². The predicted octanol–water partition coefficient (Wildman–Crippen LogP) is 2.55.